The molecule has 1 aliphatic rings. The van der Waals surface area contributed by atoms with Crippen LogP contribution in [0.4, 0.5) is 11.4 Å². The van der Waals surface area contributed by atoms with Gasteiger partial charge in [0, 0.05) is 22.9 Å². The van der Waals surface area contributed by atoms with Gasteiger partial charge in [-0.3, -0.25) is 14.9 Å². The third-order valence-corrected chi connectivity index (χ3v) is 5.32. The number of carbonyl (C=O) groups excluding carboxylic acids is 1. The largest absolute Gasteiger partial charge is 0.378 e. The summed E-state index contributed by atoms with van der Waals surface area (Å²) in [5, 5.41) is 14.3. The Labute approximate surface area is 122 Å². The van der Waals surface area contributed by atoms with Crippen LogP contribution in [0, 0.1) is 10.1 Å². The van der Waals surface area contributed by atoms with E-state index in [1.807, 2.05) is 11.8 Å². The number of nitro benzene ring substituents is 1. The Balaban J connectivity index is 2.16. The lowest BCUT2D eigenvalue weighted by Crippen LogP contribution is -2.30. The minimum atomic E-state index is -0.449. The number of hydrogen-bond acceptors (Lipinski definition) is 5. The zero-order valence-corrected chi connectivity index (χ0v) is 12.2. The van der Waals surface area contributed by atoms with Gasteiger partial charge in [-0.15, -0.1) is 0 Å². The van der Waals surface area contributed by atoms with E-state index < -0.39 is 4.92 Å². The number of nitrogens with one attached hydrogen (secondary N) is 1. The summed E-state index contributed by atoms with van der Waals surface area (Å²) in [7, 11) is 0. The van der Waals surface area contributed by atoms with E-state index in [1.54, 1.807) is 12.1 Å². The van der Waals surface area contributed by atoms with E-state index in [4.69, 9.17) is 0 Å². The highest BCUT2D eigenvalue weighted by molar-refractivity contribution is 8.00. The highest BCUT2D eigenvalue weighted by Gasteiger charge is 2.33. The molecule has 5 nitrogen and oxygen atoms in total. The van der Waals surface area contributed by atoms with Gasteiger partial charge in [-0.25, -0.2) is 0 Å². The molecule has 6 heteroatoms. The molecule has 108 valence electrons. The lowest BCUT2D eigenvalue weighted by Gasteiger charge is -2.27. The van der Waals surface area contributed by atoms with E-state index in [9.17, 15) is 14.9 Å². The van der Waals surface area contributed by atoms with Crippen molar-refractivity contribution in [2.24, 2.45) is 0 Å². The summed E-state index contributed by atoms with van der Waals surface area (Å²) in [4.78, 5) is 21.3. The fourth-order valence-corrected chi connectivity index (χ4v) is 3.56. The number of carbonyl (C=O) groups is 1. The summed E-state index contributed by atoms with van der Waals surface area (Å²) in [6.45, 7) is 0.718. The van der Waals surface area contributed by atoms with Gasteiger partial charge in [0.25, 0.3) is 5.69 Å². The van der Waals surface area contributed by atoms with Crippen LogP contribution in [0.5, 0.6) is 0 Å². The summed E-state index contributed by atoms with van der Waals surface area (Å²) in [5.41, 5.74) is 0.771. The van der Waals surface area contributed by atoms with Crippen molar-refractivity contribution in [3.05, 3.63) is 33.9 Å². The summed E-state index contributed by atoms with van der Waals surface area (Å²) in [6.07, 6.45) is 7.43. The molecule has 0 amide bonds. The summed E-state index contributed by atoms with van der Waals surface area (Å²) in [6, 6.07) is 4.53. The Morgan fingerprint density at radius 3 is 2.70 bits per heavy atom. The molecule has 1 aromatic carbocycles. The van der Waals surface area contributed by atoms with Crippen LogP contribution in [0.3, 0.4) is 0 Å². The molecule has 0 radical (unpaired) electrons. The molecule has 2 rings (SSSR count). The summed E-state index contributed by atoms with van der Waals surface area (Å²) >= 11 is 1.83. The van der Waals surface area contributed by atoms with Crippen LogP contribution in [0.1, 0.15) is 36.0 Å². The molecule has 1 aliphatic carbocycles. The first-order chi connectivity index (χ1) is 9.60. The average Bonchev–Trinajstić information content (AvgIpc) is 2.94. The molecule has 0 unspecified atom stereocenters. The number of rotatable bonds is 6. The third-order valence-electron chi connectivity index (χ3n) is 3.90. The first kappa shape index (κ1) is 14.8. The monoisotopic (exact) mass is 294 g/mol. The maximum Gasteiger partial charge on any atom is 0.293 e. The smallest absolute Gasteiger partial charge is 0.293 e. The molecule has 1 N–H and O–H groups in total. The van der Waals surface area contributed by atoms with Crippen molar-refractivity contribution >= 4 is 29.4 Å². The molecule has 0 aromatic heterocycles. The molecular weight excluding hydrogens is 276 g/mol. The third kappa shape index (κ3) is 3.12. The molecule has 0 spiro atoms. The Kier molecular flexibility index (Phi) is 4.65. The molecule has 1 aromatic rings. The number of aldehydes is 1. The van der Waals surface area contributed by atoms with Crippen LogP contribution in [-0.4, -0.2) is 28.8 Å². The van der Waals surface area contributed by atoms with Crippen molar-refractivity contribution in [3.63, 3.8) is 0 Å². The van der Waals surface area contributed by atoms with Crippen molar-refractivity contribution in [1.82, 2.24) is 0 Å². The van der Waals surface area contributed by atoms with E-state index in [0.717, 1.165) is 19.4 Å². The van der Waals surface area contributed by atoms with Crippen molar-refractivity contribution < 1.29 is 9.72 Å². The molecule has 1 saturated carbocycles. The zero-order chi connectivity index (χ0) is 14.6. The predicted molar refractivity (Wildman–Crippen MR) is 81.7 cm³/mol. The minimum Gasteiger partial charge on any atom is -0.378 e. The maximum absolute atomic E-state index is 11.1. The van der Waals surface area contributed by atoms with Crippen LogP contribution in [0.25, 0.3) is 0 Å². The highest BCUT2D eigenvalue weighted by atomic mass is 32.2. The number of nitro groups is 1. The molecule has 20 heavy (non-hydrogen) atoms. The molecule has 1 fully saturated rings. The van der Waals surface area contributed by atoms with Crippen LogP contribution in [-0.2, 0) is 0 Å². The Bertz CT molecular complexity index is 513. The quantitative estimate of drug-likeness (QED) is 0.494. The van der Waals surface area contributed by atoms with Gasteiger partial charge < -0.3 is 5.32 Å². The van der Waals surface area contributed by atoms with E-state index in [0.29, 0.717) is 17.5 Å². The number of nitrogens with zero attached hydrogens (tertiary/aromatic N) is 1. The molecule has 0 bridgehead atoms. The lowest BCUT2D eigenvalue weighted by atomic mass is 10.1. The molecule has 0 aliphatic heterocycles. The van der Waals surface area contributed by atoms with Gasteiger partial charge in [-0.1, -0.05) is 12.8 Å². The molecular formula is C14H18N2O3S. The highest BCUT2D eigenvalue weighted by Crippen LogP contribution is 2.40. The summed E-state index contributed by atoms with van der Waals surface area (Å²) in [5.74, 6) is 0. The number of benzene rings is 1. The van der Waals surface area contributed by atoms with Gasteiger partial charge in [-0.05, 0) is 31.2 Å². The van der Waals surface area contributed by atoms with Crippen molar-refractivity contribution in [1.29, 1.82) is 0 Å². The Morgan fingerprint density at radius 2 is 2.15 bits per heavy atom. The van der Waals surface area contributed by atoms with Crippen LogP contribution in [0.15, 0.2) is 18.2 Å². The van der Waals surface area contributed by atoms with Gasteiger partial charge in [0.2, 0.25) is 0 Å². The number of hydrogen-bond donors (Lipinski definition) is 1. The van der Waals surface area contributed by atoms with Crippen LogP contribution >= 0.6 is 11.8 Å². The first-order valence-corrected chi connectivity index (χ1v) is 7.85. The predicted octanol–water partition coefficient (Wildman–Crippen LogP) is 3.50. The van der Waals surface area contributed by atoms with E-state index >= 15 is 0 Å². The average molecular weight is 294 g/mol. The second-order valence-electron chi connectivity index (χ2n) is 5.10. The normalized spacial score (nSPS) is 16.9. The summed E-state index contributed by atoms with van der Waals surface area (Å²) < 4.78 is 0.178. The standard InChI is InChI=1S/C14H18N2O3S/c1-20-14(6-2-3-7-14)10-15-12-5-4-11(9-17)8-13(12)16(18)19/h4-5,8-9,15H,2-3,6-7,10H2,1H3. The van der Waals surface area contributed by atoms with Crippen molar-refractivity contribution in [2.75, 3.05) is 18.1 Å². The fourth-order valence-electron chi connectivity index (χ4n) is 2.65. The van der Waals surface area contributed by atoms with E-state index in [1.165, 1.54) is 18.9 Å². The van der Waals surface area contributed by atoms with Crippen molar-refractivity contribution in [3.8, 4) is 0 Å². The van der Waals surface area contributed by atoms with Gasteiger partial charge in [0.05, 0.1) is 4.92 Å². The Hall–Kier alpha value is -1.56. The molecule has 0 saturated heterocycles. The number of anilines is 1. The first-order valence-electron chi connectivity index (χ1n) is 6.63. The van der Waals surface area contributed by atoms with E-state index in [2.05, 4.69) is 11.6 Å². The minimum absolute atomic E-state index is 0.0381. The van der Waals surface area contributed by atoms with Gasteiger partial charge in [0.1, 0.15) is 12.0 Å². The SMILES string of the molecule is CSC1(CNc2ccc(C=O)cc2[N+](=O)[O-])CCCC1. The Morgan fingerprint density at radius 1 is 1.45 bits per heavy atom. The topological polar surface area (TPSA) is 72.2 Å². The molecule has 0 heterocycles. The van der Waals surface area contributed by atoms with Crippen molar-refractivity contribution in [2.45, 2.75) is 30.4 Å². The van der Waals surface area contributed by atoms with Gasteiger partial charge in [0.15, 0.2) is 0 Å². The van der Waals surface area contributed by atoms with E-state index in [-0.39, 0.29) is 10.4 Å². The van der Waals surface area contributed by atoms with Crippen LogP contribution < -0.4 is 5.32 Å². The second-order valence-corrected chi connectivity index (χ2v) is 6.37. The number of thioether (sulfide) groups is 1. The molecule has 0 atom stereocenters. The maximum atomic E-state index is 11.1. The second kappa shape index (κ2) is 6.26. The van der Waals surface area contributed by atoms with Crippen LogP contribution in [0.2, 0.25) is 0 Å². The van der Waals surface area contributed by atoms with Gasteiger partial charge >= 0.3 is 0 Å². The zero-order valence-electron chi connectivity index (χ0n) is 11.4. The fraction of sp³-hybridized carbons (Fsp3) is 0.500. The van der Waals surface area contributed by atoms with Gasteiger partial charge in [-0.2, -0.15) is 11.8 Å². The lowest BCUT2D eigenvalue weighted by molar-refractivity contribution is -0.384.